The first-order chi connectivity index (χ1) is 9.63. The number of amidine groups is 1. The molecule has 1 aliphatic rings. The molecule has 0 amide bonds. The van der Waals surface area contributed by atoms with Crippen LogP contribution in [-0.4, -0.2) is 34.6 Å². The van der Waals surface area contributed by atoms with Crippen molar-refractivity contribution in [3.8, 4) is 0 Å². The minimum absolute atomic E-state index is 0.0517. The van der Waals surface area contributed by atoms with Gasteiger partial charge in [0.2, 0.25) is 0 Å². The Labute approximate surface area is 121 Å². The van der Waals surface area contributed by atoms with Gasteiger partial charge in [0.1, 0.15) is 5.84 Å². The predicted molar refractivity (Wildman–Crippen MR) is 82.1 cm³/mol. The van der Waals surface area contributed by atoms with Crippen molar-refractivity contribution in [3.05, 3.63) is 35.9 Å². The lowest BCUT2D eigenvalue weighted by atomic mass is 9.92. The Morgan fingerprint density at radius 1 is 1.30 bits per heavy atom. The van der Waals surface area contributed by atoms with E-state index in [2.05, 4.69) is 23.9 Å². The molecule has 1 heterocycles. The molecule has 20 heavy (non-hydrogen) atoms. The number of nitrogens with two attached hydrogens (primary N) is 1. The molecule has 4 nitrogen and oxygen atoms in total. The number of hydrogen-bond acceptors (Lipinski definition) is 3. The van der Waals surface area contributed by atoms with Gasteiger partial charge in [0.15, 0.2) is 0 Å². The van der Waals surface area contributed by atoms with Crippen LogP contribution in [-0.2, 0) is 0 Å². The Kier molecular flexibility index (Phi) is 5.01. The molecular weight excluding hydrogens is 250 g/mol. The number of likely N-dealkylation sites (tertiary alicyclic amines) is 1. The average Bonchev–Trinajstić information content (AvgIpc) is 2.47. The molecule has 110 valence electrons. The summed E-state index contributed by atoms with van der Waals surface area (Å²) < 4.78 is 0. The molecule has 0 bridgehead atoms. The highest BCUT2D eigenvalue weighted by Gasteiger charge is 2.29. The lowest BCUT2D eigenvalue weighted by Gasteiger charge is -2.40. The first-order valence-electron chi connectivity index (χ1n) is 7.41. The van der Waals surface area contributed by atoms with Crippen LogP contribution in [0.4, 0.5) is 0 Å². The van der Waals surface area contributed by atoms with Crippen LogP contribution in [0.2, 0.25) is 0 Å². The third-order valence-corrected chi connectivity index (χ3v) is 4.44. The number of nitrogens with zero attached hydrogens (tertiary/aromatic N) is 2. The Bertz CT molecular complexity index is 436. The van der Waals surface area contributed by atoms with Crippen molar-refractivity contribution in [1.29, 1.82) is 0 Å². The highest BCUT2D eigenvalue weighted by molar-refractivity contribution is 5.87. The fourth-order valence-corrected chi connectivity index (χ4v) is 3.17. The second kappa shape index (κ2) is 6.75. The maximum atomic E-state index is 9.07. The van der Waals surface area contributed by atoms with Gasteiger partial charge in [0, 0.05) is 18.6 Å². The summed E-state index contributed by atoms with van der Waals surface area (Å²) in [6.07, 6.45) is 3.74. The molecule has 0 aliphatic carbocycles. The molecule has 4 heteroatoms. The van der Waals surface area contributed by atoms with E-state index in [9.17, 15) is 0 Å². The predicted octanol–water partition coefficient (Wildman–Crippen LogP) is 2.78. The summed E-state index contributed by atoms with van der Waals surface area (Å²) in [5, 5.41) is 12.3. The van der Waals surface area contributed by atoms with E-state index in [4.69, 9.17) is 10.9 Å². The minimum atomic E-state index is -0.0517. The van der Waals surface area contributed by atoms with Crippen LogP contribution >= 0.6 is 0 Å². The van der Waals surface area contributed by atoms with Crippen molar-refractivity contribution in [2.45, 2.75) is 51.1 Å². The summed E-state index contributed by atoms with van der Waals surface area (Å²) in [6, 6.07) is 11.2. The molecule has 0 spiro atoms. The molecule has 0 radical (unpaired) electrons. The van der Waals surface area contributed by atoms with E-state index >= 15 is 0 Å². The normalized spacial score (nSPS) is 26.4. The number of hydrogen-bond donors (Lipinski definition) is 2. The standard InChI is InChI=1S/C16H25N3O/c1-12-7-6-8-13(2)19(12)11-15(16(17)18-20)14-9-4-3-5-10-14/h3-5,9-10,12-13,15,20H,6-8,11H2,1-2H3,(H2,17,18)/t12-,13+,15?. The highest BCUT2D eigenvalue weighted by atomic mass is 16.4. The van der Waals surface area contributed by atoms with Gasteiger partial charge in [-0.15, -0.1) is 0 Å². The van der Waals surface area contributed by atoms with Crippen LogP contribution in [0.1, 0.15) is 44.6 Å². The molecular formula is C16H25N3O. The Hall–Kier alpha value is -1.55. The maximum Gasteiger partial charge on any atom is 0.147 e. The van der Waals surface area contributed by atoms with Crippen molar-refractivity contribution >= 4 is 5.84 Å². The van der Waals surface area contributed by atoms with Gasteiger partial charge < -0.3 is 10.9 Å². The van der Waals surface area contributed by atoms with Crippen LogP contribution in [0.3, 0.4) is 0 Å². The van der Waals surface area contributed by atoms with E-state index < -0.39 is 0 Å². The van der Waals surface area contributed by atoms with E-state index in [1.807, 2.05) is 30.3 Å². The van der Waals surface area contributed by atoms with Crippen molar-refractivity contribution in [2.75, 3.05) is 6.54 Å². The zero-order chi connectivity index (χ0) is 14.5. The van der Waals surface area contributed by atoms with E-state index in [1.54, 1.807) is 0 Å². The van der Waals surface area contributed by atoms with E-state index in [-0.39, 0.29) is 5.92 Å². The largest absolute Gasteiger partial charge is 0.409 e. The maximum absolute atomic E-state index is 9.07. The molecule has 0 aromatic heterocycles. The Morgan fingerprint density at radius 2 is 1.90 bits per heavy atom. The summed E-state index contributed by atoms with van der Waals surface area (Å²) in [7, 11) is 0. The fourth-order valence-electron chi connectivity index (χ4n) is 3.17. The Morgan fingerprint density at radius 3 is 2.45 bits per heavy atom. The van der Waals surface area contributed by atoms with Crippen LogP contribution in [0, 0.1) is 0 Å². The Balaban J connectivity index is 2.20. The molecule has 1 aromatic carbocycles. The molecule has 1 unspecified atom stereocenters. The van der Waals surface area contributed by atoms with Crippen molar-refractivity contribution in [3.63, 3.8) is 0 Å². The second-order valence-corrected chi connectivity index (χ2v) is 5.81. The highest BCUT2D eigenvalue weighted by Crippen LogP contribution is 2.26. The third-order valence-electron chi connectivity index (χ3n) is 4.44. The quantitative estimate of drug-likeness (QED) is 0.384. The summed E-state index contributed by atoms with van der Waals surface area (Å²) in [6.45, 7) is 5.34. The van der Waals surface area contributed by atoms with Gasteiger partial charge in [-0.25, -0.2) is 0 Å². The third kappa shape index (κ3) is 3.31. The molecule has 3 atom stereocenters. The van der Waals surface area contributed by atoms with Gasteiger partial charge in [0.25, 0.3) is 0 Å². The van der Waals surface area contributed by atoms with Crippen LogP contribution in [0.5, 0.6) is 0 Å². The van der Waals surface area contributed by atoms with E-state index in [0.717, 1.165) is 12.1 Å². The topological polar surface area (TPSA) is 61.8 Å². The lowest BCUT2D eigenvalue weighted by molar-refractivity contribution is 0.102. The average molecular weight is 275 g/mol. The van der Waals surface area contributed by atoms with Crippen molar-refractivity contribution < 1.29 is 5.21 Å². The summed E-state index contributed by atoms with van der Waals surface area (Å²) in [5.74, 6) is 0.241. The second-order valence-electron chi connectivity index (χ2n) is 5.81. The number of oxime groups is 1. The first-order valence-corrected chi connectivity index (χ1v) is 7.41. The van der Waals surface area contributed by atoms with Crippen LogP contribution in [0.25, 0.3) is 0 Å². The molecule has 1 fully saturated rings. The molecule has 3 N–H and O–H groups in total. The zero-order valence-electron chi connectivity index (χ0n) is 12.4. The van der Waals surface area contributed by atoms with E-state index in [0.29, 0.717) is 17.9 Å². The van der Waals surface area contributed by atoms with Crippen molar-refractivity contribution in [2.24, 2.45) is 10.9 Å². The van der Waals surface area contributed by atoms with Gasteiger partial charge in [-0.2, -0.15) is 0 Å². The van der Waals surface area contributed by atoms with E-state index in [1.165, 1.54) is 19.3 Å². The van der Waals surface area contributed by atoms with Crippen LogP contribution in [0.15, 0.2) is 35.5 Å². The molecule has 1 saturated heterocycles. The van der Waals surface area contributed by atoms with Crippen LogP contribution < -0.4 is 5.73 Å². The lowest BCUT2D eigenvalue weighted by Crippen LogP contribution is -2.47. The van der Waals surface area contributed by atoms with Gasteiger partial charge in [-0.3, -0.25) is 4.90 Å². The number of rotatable bonds is 4. The fraction of sp³-hybridized carbons (Fsp3) is 0.562. The smallest absolute Gasteiger partial charge is 0.147 e. The monoisotopic (exact) mass is 275 g/mol. The number of piperidine rings is 1. The molecule has 1 aliphatic heterocycles. The summed E-state index contributed by atoms with van der Waals surface area (Å²) >= 11 is 0. The summed E-state index contributed by atoms with van der Waals surface area (Å²) in [4.78, 5) is 2.49. The minimum Gasteiger partial charge on any atom is -0.409 e. The first kappa shape index (κ1) is 14.9. The molecule has 2 rings (SSSR count). The van der Waals surface area contributed by atoms with Gasteiger partial charge in [0.05, 0.1) is 5.92 Å². The van der Waals surface area contributed by atoms with Crippen molar-refractivity contribution in [1.82, 2.24) is 4.90 Å². The van der Waals surface area contributed by atoms with Gasteiger partial charge in [-0.05, 0) is 32.3 Å². The molecule has 1 aromatic rings. The zero-order valence-corrected chi connectivity index (χ0v) is 12.4. The number of benzene rings is 1. The summed E-state index contributed by atoms with van der Waals surface area (Å²) in [5.41, 5.74) is 7.04. The van der Waals surface area contributed by atoms with Gasteiger partial charge >= 0.3 is 0 Å². The van der Waals surface area contributed by atoms with Gasteiger partial charge in [-0.1, -0.05) is 41.9 Å². The SMILES string of the molecule is C[C@@H]1CCC[C@H](C)N1CC(/C(N)=N/O)c1ccccc1. The molecule has 0 saturated carbocycles.